The fraction of sp³-hybridized carbons (Fsp3) is 0.118. The van der Waals surface area contributed by atoms with Crippen LogP contribution in [0, 0.1) is 0 Å². The summed E-state index contributed by atoms with van der Waals surface area (Å²) in [5.74, 6) is 0. The molecule has 0 radical (unpaired) electrons. The summed E-state index contributed by atoms with van der Waals surface area (Å²) < 4.78 is 0. The van der Waals surface area contributed by atoms with Crippen molar-refractivity contribution >= 4 is 0 Å². The summed E-state index contributed by atoms with van der Waals surface area (Å²) in [6.45, 7) is 1.76. The predicted molar refractivity (Wildman–Crippen MR) is 145 cm³/mol. The van der Waals surface area contributed by atoms with E-state index in [1.54, 1.807) is 0 Å². The van der Waals surface area contributed by atoms with Gasteiger partial charge in [0.1, 0.15) is 0 Å². The van der Waals surface area contributed by atoms with Crippen molar-refractivity contribution in [3.63, 3.8) is 0 Å². The van der Waals surface area contributed by atoms with E-state index in [0.29, 0.717) is 0 Å². The number of hydrogen-bond donors (Lipinski definition) is 0. The number of hydrogen-bond acceptors (Lipinski definition) is 1. The van der Waals surface area contributed by atoms with Crippen LogP contribution in [0.15, 0.2) is 133 Å². The standard InChI is InChI=1S/C34H29N/c1-4-13-26(14-5-1)24-35(25-27-15-6-2-7-16-27)34(28-17-8-3-9-18-28)32-22-12-21-31-30-20-11-10-19-29(30)23-33(31)32/h1-22,34H,23-25H2. The number of nitrogens with zero attached hydrogens (tertiary/aromatic N) is 1. The van der Waals surface area contributed by atoms with Gasteiger partial charge in [0.25, 0.3) is 0 Å². The van der Waals surface area contributed by atoms with Crippen molar-refractivity contribution in [2.24, 2.45) is 0 Å². The summed E-state index contributed by atoms with van der Waals surface area (Å²) >= 11 is 0. The zero-order valence-electron chi connectivity index (χ0n) is 19.8. The van der Waals surface area contributed by atoms with Gasteiger partial charge in [-0.25, -0.2) is 0 Å². The van der Waals surface area contributed by atoms with Crippen molar-refractivity contribution in [3.8, 4) is 11.1 Å². The Bertz CT molecular complexity index is 1370. The zero-order chi connectivity index (χ0) is 23.5. The van der Waals surface area contributed by atoms with Crippen molar-refractivity contribution in [3.05, 3.63) is 167 Å². The van der Waals surface area contributed by atoms with Crippen LogP contribution in [0.1, 0.15) is 39.4 Å². The molecule has 35 heavy (non-hydrogen) atoms. The second kappa shape index (κ2) is 9.74. The molecule has 1 heteroatoms. The van der Waals surface area contributed by atoms with E-state index in [9.17, 15) is 0 Å². The number of fused-ring (bicyclic) bond motifs is 3. The first-order valence-corrected chi connectivity index (χ1v) is 12.4. The molecule has 6 rings (SSSR count). The quantitative estimate of drug-likeness (QED) is 0.237. The molecule has 1 unspecified atom stereocenters. The van der Waals surface area contributed by atoms with Crippen molar-refractivity contribution in [2.75, 3.05) is 0 Å². The van der Waals surface area contributed by atoms with Crippen LogP contribution in [0.2, 0.25) is 0 Å². The second-order valence-corrected chi connectivity index (χ2v) is 9.40. The van der Waals surface area contributed by atoms with Gasteiger partial charge in [0.15, 0.2) is 0 Å². The molecule has 5 aromatic rings. The summed E-state index contributed by atoms with van der Waals surface area (Å²) in [7, 11) is 0. The molecule has 1 aliphatic carbocycles. The molecule has 1 aliphatic rings. The molecule has 0 spiro atoms. The highest BCUT2D eigenvalue weighted by molar-refractivity contribution is 5.78. The summed E-state index contributed by atoms with van der Waals surface area (Å²) in [5, 5.41) is 0. The van der Waals surface area contributed by atoms with Gasteiger partial charge >= 0.3 is 0 Å². The van der Waals surface area contributed by atoms with E-state index >= 15 is 0 Å². The highest BCUT2D eigenvalue weighted by Crippen LogP contribution is 2.43. The van der Waals surface area contributed by atoms with Gasteiger partial charge in [-0.15, -0.1) is 0 Å². The lowest BCUT2D eigenvalue weighted by molar-refractivity contribution is 0.206. The number of benzene rings is 5. The SMILES string of the molecule is c1ccc(CN(Cc2ccccc2)C(c2ccccc2)c2cccc3c2Cc2ccccc2-3)cc1. The molecule has 170 valence electrons. The van der Waals surface area contributed by atoms with E-state index in [0.717, 1.165) is 19.5 Å². The Labute approximate surface area is 208 Å². The molecular formula is C34H29N. The van der Waals surface area contributed by atoms with Crippen molar-refractivity contribution in [2.45, 2.75) is 25.6 Å². The third-order valence-corrected chi connectivity index (χ3v) is 7.12. The van der Waals surface area contributed by atoms with E-state index in [4.69, 9.17) is 0 Å². The molecule has 1 atom stereocenters. The fourth-order valence-electron chi connectivity index (χ4n) is 5.53. The lowest BCUT2D eigenvalue weighted by Crippen LogP contribution is -2.29. The minimum Gasteiger partial charge on any atom is -0.284 e. The van der Waals surface area contributed by atoms with Gasteiger partial charge in [0.2, 0.25) is 0 Å². The molecule has 0 saturated heterocycles. The molecule has 0 heterocycles. The molecule has 0 amide bonds. The first-order valence-electron chi connectivity index (χ1n) is 12.4. The fourth-order valence-corrected chi connectivity index (χ4v) is 5.53. The number of rotatable bonds is 7. The van der Waals surface area contributed by atoms with Crippen molar-refractivity contribution in [1.82, 2.24) is 4.90 Å². The van der Waals surface area contributed by atoms with Gasteiger partial charge in [0, 0.05) is 13.1 Å². The normalized spacial score (nSPS) is 12.8. The maximum atomic E-state index is 2.64. The van der Waals surface area contributed by atoms with Crippen molar-refractivity contribution in [1.29, 1.82) is 0 Å². The Balaban J connectivity index is 1.50. The van der Waals surface area contributed by atoms with E-state index in [2.05, 4.69) is 138 Å². The van der Waals surface area contributed by atoms with Crippen LogP contribution >= 0.6 is 0 Å². The van der Waals surface area contributed by atoms with Gasteiger partial charge in [-0.3, -0.25) is 4.90 Å². The Morgan fingerprint density at radius 2 is 1.06 bits per heavy atom. The van der Waals surface area contributed by atoms with E-state index in [-0.39, 0.29) is 6.04 Å². The van der Waals surface area contributed by atoms with Gasteiger partial charge in [-0.05, 0) is 50.9 Å². The largest absolute Gasteiger partial charge is 0.284 e. The lowest BCUT2D eigenvalue weighted by atomic mass is 9.90. The Morgan fingerprint density at radius 3 is 1.71 bits per heavy atom. The molecule has 5 aromatic carbocycles. The zero-order valence-corrected chi connectivity index (χ0v) is 19.8. The Hall–Kier alpha value is -3.94. The summed E-state index contributed by atoms with van der Waals surface area (Å²) in [4.78, 5) is 2.64. The first kappa shape index (κ1) is 21.6. The topological polar surface area (TPSA) is 3.24 Å². The molecule has 0 fully saturated rings. The second-order valence-electron chi connectivity index (χ2n) is 9.40. The molecule has 1 nitrogen and oxygen atoms in total. The van der Waals surface area contributed by atoms with E-state index < -0.39 is 0 Å². The third kappa shape index (κ3) is 4.43. The van der Waals surface area contributed by atoms with Gasteiger partial charge in [0.05, 0.1) is 6.04 Å². The molecule has 0 saturated carbocycles. The van der Waals surface area contributed by atoms with E-state index in [1.807, 2.05) is 0 Å². The average Bonchev–Trinajstić information content (AvgIpc) is 3.30. The van der Waals surface area contributed by atoms with Crippen molar-refractivity contribution < 1.29 is 0 Å². The molecule has 0 N–H and O–H groups in total. The van der Waals surface area contributed by atoms with Crippen LogP contribution in [0.3, 0.4) is 0 Å². The molecule has 0 aromatic heterocycles. The minimum atomic E-state index is 0.154. The highest BCUT2D eigenvalue weighted by atomic mass is 15.2. The summed E-state index contributed by atoms with van der Waals surface area (Å²) in [6, 6.07) is 48.7. The van der Waals surface area contributed by atoms with Crippen LogP contribution in [0.4, 0.5) is 0 Å². The van der Waals surface area contributed by atoms with Crippen LogP contribution in [-0.2, 0) is 19.5 Å². The monoisotopic (exact) mass is 451 g/mol. The highest BCUT2D eigenvalue weighted by Gasteiger charge is 2.29. The van der Waals surface area contributed by atoms with Crippen LogP contribution in [0.5, 0.6) is 0 Å². The van der Waals surface area contributed by atoms with Crippen LogP contribution in [-0.4, -0.2) is 4.90 Å². The molecule has 0 aliphatic heterocycles. The first-order chi connectivity index (χ1) is 17.4. The summed E-state index contributed by atoms with van der Waals surface area (Å²) in [5.41, 5.74) is 11.1. The van der Waals surface area contributed by atoms with Gasteiger partial charge in [-0.2, -0.15) is 0 Å². The maximum absolute atomic E-state index is 2.64. The summed E-state index contributed by atoms with van der Waals surface area (Å²) in [6.07, 6.45) is 0.996. The average molecular weight is 452 g/mol. The van der Waals surface area contributed by atoms with Crippen LogP contribution in [0.25, 0.3) is 11.1 Å². The Morgan fingerprint density at radius 1 is 0.514 bits per heavy atom. The Kier molecular flexibility index (Phi) is 6.00. The lowest BCUT2D eigenvalue weighted by Gasteiger charge is -2.34. The van der Waals surface area contributed by atoms with Gasteiger partial charge in [-0.1, -0.05) is 133 Å². The third-order valence-electron chi connectivity index (χ3n) is 7.12. The van der Waals surface area contributed by atoms with Gasteiger partial charge < -0.3 is 0 Å². The predicted octanol–water partition coefficient (Wildman–Crippen LogP) is 8.05. The minimum absolute atomic E-state index is 0.154. The van der Waals surface area contributed by atoms with Crippen LogP contribution < -0.4 is 0 Å². The molecular weight excluding hydrogens is 422 g/mol. The smallest absolute Gasteiger partial charge is 0.0610 e. The maximum Gasteiger partial charge on any atom is 0.0610 e. The van der Waals surface area contributed by atoms with E-state index in [1.165, 1.54) is 44.5 Å². The molecule has 0 bridgehead atoms.